The number of carbonyl (C=O) groups excluding carboxylic acids is 1. The molecule has 0 spiro atoms. The van der Waals surface area contributed by atoms with Gasteiger partial charge < -0.3 is 26.2 Å². The number of carbonyl (C=O) groups is 1. The lowest BCUT2D eigenvalue weighted by Crippen LogP contribution is -2.31. The molecular formula is C22H25BrFN5O3. The minimum Gasteiger partial charge on any atom is -0.505 e. The van der Waals surface area contributed by atoms with Gasteiger partial charge in [0, 0.05) is 30.1 Å². The number of aromatic hydroxyl groups is 1. The number of halogens is 2. The summed E-state index contributed by atoms with van der Waals surface area (Å²) in [7, 11) is 1.81. The van der Waals surface area contributed by atoms with Gasteiger partial charge in [0.1, 0.15) is 11.4 Å². The van der Waals surface area contributed by atoms with Crippen molar-refractivity contribution in [1.82, 2.24) is 9.78 Å². The van der Waals surface area contributed by atoms with Crippen LogP contribution in [0, 0.1) is 5.82 Å². The quantitative estimate of drug-likeness (QED) is 0.366. The van der Waals surface area contributed by atoms with Crippen molar-refractivity contribution in [3.63, 3.8) is 0 Å². The highest BCUT2D eigenvalue weighted by atomic mass is 79.9. The number of phenolic OH excluding ortho intramolecular Hbond substituents is 1. The van der Waals surface area contributed by atoms with Crippen molar-refractivity contribution in [2.45, 2.75) is 25.9 Å². The van der Waals surface area contributed by atoms with E-state index in [1.54, 1.807) is 29.1 Å². The maximum Gasteiger partial charge on any atom is 0.323 e. The Balaban J connectivity index is 1.90. The number of hydrogen-bond acceptors (Lipinski definition) is 5. The van der Waals surface area contributed by atoms with Crippen molar-refractivity contribution in [3.05, 3.63) is 52.9 Å². The summed E-state index contributed by atoms with van der Waals surface area (Å²) in [5, 5.41) is 19.0. The van der Waals surface area contributed by atoms with Gasteiger partial charge in [-0.05, 0) is 73.1 Å². The van der Waals surface area contributed by atoms with E-state index in [-0.39, 0.29) is 5.69 Å². The van der Waals surface area contributed by atoms with Gasteiger partial charge in [0.25, 0.3) is 0 Å². The van der Waals surface area contributed by atoms with Gasteiger partial charge in [-0.3, -0.25) is 4.68 Å². The molecule has 10 heteroatoms. The molecule has 1 aromatic heterocycles. The number of anilines is 2. The minimum atomic E-state index is -0.768. The zero-order valence-electron chi connectivity index (χ0n) is 17.9. The fourth-order valence-corrected chi connectivity index (χ4v) is 3.74. The van der Waals surface area contributed by atoms with Gasteiger partial charge in [0.15, 0.2) is 11.6 Å². The van der Waals surface area contributed by atoms with E-state index in [2.05, 4.69) is 31.7 Å². The number of ether oxygens (including phenoxy) is 1. The van der Waals surface area contributed by atoms with Crippen LogP contribution in [0.25, 0.3) is 11.3 Å². The number of urea groups is 1. The highest BCUT2D eigenvalue weighted by Gasteiger charge is 2.23. The second-order valence-electron chi connectivity index (χ2n) is 7.82. The smallest absolute Gasteiger partial charge is 0.323 e. The zero-order valence-corrected chi connectivity index (χ0v) is 19.5. The van der Waals surface area contributed by atoms with Crippen LogP contribution in [-0.2, 0) is 7.05 Å². The fourth-order valence-electron chi connectivity index (χ4n) is 3.18. The molecule has 0 fully saturated rings. The van der Waals surface area contributed by atoms with Crippen molar-refractivity contribution in [2.24, 2.45) is 12.8 Å². The molecule has 8 nitrogen and oxygen atoms in total. The van der Waals surface area contributed by atoms with Crippen LogP contribution in [0.4, 0.5) is 20.6 Å². The summed E-state index contributed by atoms with van der Waals surface area (Å²) in [6, 6.07) is 8.25. The highest BCUT2D eigenvalue weighted by molar-refractivity contribution is 9.10. The lowest BCUT2D eigenvalue weighted by molar-refractivity contribution is 0.103. The molecule has 3 rings (SSSR count). The monoisotopic (exact) mass is 505 g/mol. The molecule has 0 atom stereocenters. The third-order valence-corrected chi connectivity index (χ3v) is 5.30. The molecular weight excluding hydrogens is 481 g/mol. The summed E-state index contributed by atoms with van der Waals surface area (Å²) in [5.74, 6) is -0.703. The standard InChI is InChI=1S/C22H25BrFN5O3/c1-22(2,8-9-25)32-19-7-5-13(10-15(19)20-16(23)12-26-29(20)3)27-21(31)28-14-4-6-17(24)18(30)11-14/h4-7,10-12,30H,8-9,25H2,1-3H3,(H2,27,28,31). The van der Waals surface area contributed by atoms with Gasteiger partial charge in [-0.25, -0.2) is 9.18 Å². The first-order valence-electron chi connectivity index (χ1n) is 9.87. The number of nitrogens with two attached hydrogens (primary N) is 1. The van der Waals surface area contributed by atoms with E-state index in [9.17, 15) is 14.3 Å². The minimum absolute atomic E-state index is 0.250. The van der Waals surface area contributed by atoms with Crippen LogP contribution in [0.3, 0.4) is 0 Å². The molecule has 0 radical (unpaired) electrons. The van der Waals surface area contributed by atoms with E-state index in [4.69, 9.17) is 10.5 Å². The van der Waals surface area contributed by atoms with E-state index < -0.39 is 23.2 Å². The van der Waals surface area contributed by atoms with E-state index in [0.717, 1.165) is 27.9 Å². The topological polar surface area (TPSA) is 114 Å². The summed E-state index contributed by atoms with van der Waals surface area (Å²) in [5.41, 5.74) is 7.47. The molecule has 170 valence electrons. The first-order chi connectivity index (χ1) is 15.1. The average Bonchev–Trinajstić information content (AvgIpc) is 3.04. The number of aryl methyl sites for hydroxylation is 1. The van der Waals surface area contributed by atoms with Crippen LogP contribution < -0.4 is 21.1 Å². The first-order valence-corrected chi connectivity index (χ1v) is 10.7. The first kappa shape index (κ1) is 23.6. The number of amides is 2. The molecule has 0 aliphatic carbocycles. The average molecular weight is 506 g/mol. The van der Waals surface area contributed by atoms with Gasteiger partial charge in [-0.2, -0.15) is 5.10 Å². The Bertz CT molecular complexity index is 1110. The predicted octanol–water partition coefficient (Wildman–Crippen LogP) is 4.84. The van der Waals surface area contributed by atoms with Crippen molar-refractivity contribution >= 4 is 33.3 Å². The van der Waals surface area contributed by atoms with Crippen LogP contribution in [0.1, 0.15) is 20.3 Å². The fraction of sp³-hybridized carbons (Fsp3) is 0.273. The van der Waals surface area contributed by atoms with Crippen LogP contribution >= 0.6 is 15.9 Å². The van der Waals surface area contributed by atoms with Gasteiger partial charge in [0.05, 0.1) is 16.4 Å². The predicted molar refractivity (Wildman–Crippen MR) is 125 cm³/mol. The summed E-state index contributed by atoms with van der Waals surface area (Å²) in [4.78, 5) is 12.4. The summed E-state index contributed by atoms with van der Waals surface area (Å²) in [6.45, 7) is 4.40. The lowest BCUT2D eigenvalue weighted by Gasteiger charge is -2.27. The van der Waals surface area contributed by atoms with Crippen molar-refractivity contribution in [2.75, 3.05) is 17.2 Å². The van der Waals surface area contributed by atoms with Crippen LogP contribution in [0.2, 0.25) is 0 Å². The third-order valence-electron chi connectivity index (χ3n) is 4.72. The third kappa shape index (κ3) is 5.57. The summed E-state index contributed by atoms with van der Waals surface area (Å²) >= 11 is 3.52. The molecule has 2 aromatic carbocycles. The second kappa shape index (κ2) is 9.58. The lowest BCUT2D eigenvalue weighted by atomic mass is 10.0. The molecule has 2 amide bonds. The maximum absolute atomic E-state index is 13.2. The van der Waals surface area contributed by atoms with E-state index in [1.807, 2.05) is 20.9 Å². The number of hydrogen-bond donors (Lipinski definition) is 4. The Morgan fingerprint density at radius 3 is 2.50 bits per heavy atom. The molecule has 0 aliphatic rings. The second-order valence-corrected chi connectivity index (χ2v) is 8.68. The Hall–Kier alpha value is -3.11. The highest BCUT2D eigenvalue weighted by Crippen LogP contribution is 2.38. The Morgan fingerprint density at radius 2 is 1.91 bits per heavy atom. The summed E-state index contributed by atoms with van der Waals surface area (Å²) in [6.07, 6.45) is 2.34. The van der Waals surface area contributed by atoms with E-state index >= 15 is 0 Å². The Kier molecular flexibility index (Phi) is 7.05. The molecule has 0 bridgehead atoms. The SMILES string of the molecule is Cn1ncc(Br)c1-c1cc(NC(=O)Nc2ccc(F)c(O)c2)ccc1OC(C)(C)CCN. The largest absolute Gasteiger partial charge is 0.505 e. The molecule has 5 N–H and O–H groups in total. The Morgan fingerprint density at radius 1 is 1.25 bits per heavy atom. The number of aromatic nitrogens is 2. The van der Waals surface area contributed by atoms with Crippen LogP contribution in [0.5, 0.6) is 11.5 Å². The summed E-state index contributed by atoms with van der Waals surface area (Å²) < 4.78 is 21.9. The van der Waals surface area contributed by atoms with Gasteiger partial charge >= 0.3 is 6.03 Å². The zero-order chi connectivity index (χ0) is 23.5. The van der Waals surface area contributed by atoms with E-state index in [1.165, 1.54) is 6.07 Å². The molecule has 1 heterocycles. The molecule has 0 saturated heterocycles. The number of phenols is 1. The number of rotatable bonds is 7. The molecule has 3 aromatic rings. The van der Waals surface area contributed by atoms with Crippen molar-refractivity contribution < 1.29 is 19.0 Å². The number of benzene rings is 2. The van der Waals surface area contributed by atoms with Gasteiger partial charge in [-0.1, -0.05) is 0 Å². The van der Waals surface area contributed by atoms with Crippen molar-refractivity contribution in [1.29, 1.82) is 0 Å². The van der Waals surface area contributed by atoms with Crippen LogP contribution in [0.15, 0.2) is 47.1 Å². The number of nitrogens with zero attached hydrogens (tertiary/aromatic N) is 2. The molecule has 0 unspecified atom stereocenters. The Labute approximate surface area is 193 Å². The molecule has 0 aliphatic heterocycles. The van der Waals surface area contributed by atoms with Crippen LogP contribution in [-0.4, -0.2) is 33.1 Å². The van der Waals surface area contributed by atoms with Crippen molar-refractivity contribution in [3.8, 4) is 22.8 Å². The molecule has 32 heavy (non-hydrogen) atoms. The van der Waals surface area contributed by atoms with Gasteiger partial charge in [0.2, 0.25) is 0 Å². The maximum atomic E-state index is 13.2. The number of nitrogens with one attached hydrogen (secondary N) is 2. The van der Waals surface area contributed by atoms with E-state index in [0.29, 0.717) is 24.4 Å². The molecule has 0 saturated carbocycles. The van der Waals surface area contributed by atoms with Gasteiger partial charge in [-0.15, -0.1) is 0 Å². The normalized spacial score (nSPS) is 11.3.